The van der Waals surface area contributed by atoms with Gasteiger partial charge in [-0.05, 0) is 0 Å². The van der Waals surface area contributed by atoms with Gasteiger partial charge < -0.3 is 19.2 Å². The monoisotopic (exact) mass is 327 g/mol. The number of nitrogens with one attached hydrogen (secondary N) is 1. The minimum atomic E-state index is -0.0966. The number of imidazole rings is 1. The summed E-state index contributed by atoms with van der Waals surface area (Å²) in [5.41, 5.74) is 2.95. The van der Waals surface area contributed by atoms with Crippen molar-refractivity contribution in [1.82, 2.24) is 29.5 Å². The molecule has 0 atom stereocenters. The second kappa shape index (κ2) is 6.00. The minimum absolute atomic E-state index is 0.0966. The van der Waals surface area contributed by atoms with E-state index in [9.17, 15) is 4.79 Å². The zero-order valence-corrected chi connectivity index (χ0v) is 13.3. The first-order chi connectivity index (χ1) is 11.8. The number of anilines is 1. The largest absolute Gasteiger partial charge is 0.383 e. The van der Waals surface area contributed by atoms with E-state index < -0.39 is 0 Å². The molecule has 3 aromatic heterocycles. The summed E-state index contributed by atoms with van der Waals surface area (Å²) in [7, 11) is 1.66. The van der Waals surface area contributed by atoms with Crippen LogP contribution in [0.4, 0.5) is 5.82 Å². The van der Waals surface area contributed by atoms with E-state index in [0.29, 0.717) is 31.7 Å². The second-order valence-electron chi connectivity index (χ2n) is 5.63. The lowest BCUT2D eigenvalue weighted by Gasteiger charge is -2.28. The first-order valence-corrected chi connectivity index (χ1v) is 7.73. The molecule has 0 spiro atoms. The van der Waals surface area contributed by atoms with Crippen molar-refractivity contribution in [2.75, 3.05) is 25.2 Å². The van der Waals surface area contributed by atoms with Gasteiger partial charge in [0, 0.05) is 26.6 Å². The maximum absolute atomic E-state index is 12.0. The maximum atomic E-state index is 12.0. The van der Waals surface area contributed by atoms with Crippen LogP contribution in [0.2, 0.25) is 0 Å². The van der Waals surface area contributed by atoms with Gasteiger partial charge in [-0.2, -0.15) is 0 Å². The van der Waals surface area contributed by atoms with Crippen LogP contribution >= 0.6 is 0 Å². The number of nitrogens with zero attached hydrogens (tertiary/aromatic N) is 6. The number of hydrogen-bond donors (Lipinski definition) is 1. The third kappa shape index (κ3) is 2.42. The van der Waals surface area contributed by atoms with E-state index in [4.69, 9.17) is 4.74 Å². The normalized spacial score (nSPS) is 14.1. The Bertz CT molecular complexity index is 933. The average molecular weight is 327 g/mol. The van der Waals surface area contributed by atoms with Gasteiger partial charge in [0.15, 0.2) is 17.0 Å². The number of fused-ring (bicyclic) bond motifs is 2. The number of ether oxygens (including phenoxy) is 1. The van der Waals surface area contributed by atoms with E-state index in [-0.39, 0.29) is 5.56 Å². The lowest BCUT2D eigenvalue weighted by molar-refractivity contribution is 0.188. The van der Waals surface area contributed by atoms with Crippen molar-refractivity contribution in [2.45, 2.75) is 19.5 Å². The molecule has 0 fully saturated rings. The molecule has 0 aromatic carbocycles. The number of hydrogen-bond acceptors (Lipinski definition) is 7. The van der Waals surface area contributed by atoms with E-state index in [1.54, 1.807) is 13.4 Å². The van der Waals surface area contributed by atoms with Crippen molar-refractivity contribution < 1.29 is 4.74 Å². The van der Waals surface area contributed by atoms with Crippen molar-refractivity contribution in [3.05, 3.63) is 40.6 Å². The van der Waals surface area contributed by atoms with Crippen LogP contribution in [0, 0.1) is 0 Å². The summed E-state index contributed by atoms with van der Waals surface area (Å²) >= 11 is 0. The number of H-pyrrole nitrogens is 1. The zero-order valence-electron chi connectivity index (χ0n) is 13.3. The molecular formula is C15H17N7O2. The predicted octanol–water partition coefficient (Wildman–Crippen LogP) is 0.119. The summed E-state index contributed by atoms with van der Waals surface area (Å²) in [4.78, 5) is 34.2. The zero-order chi connectivity index (χ0) is 16.5. The Morgan fingerprint density at radius 1 is 1.29 bits per heavy atom. The Hall–Kier alpha value is -2.81. The summed E-state index contributed by atoms with van der Waals surface area (Å²) in [6.45, 7) is 2.47. The Labute approximate surface area is 137 Å². The minimum Gasteiger partial charge on any atom is -0.383 e. The molecule has 1 aliphatic heterocycles. The van der Waals surface area contributed by atoms with E-state index in [1.165, 1.54) is 12.7 Å². The van der Waals surface area contributed by atoms with Crippen molar-refractivity contribution >= 4 is 17.0 Å². The summed E-state index contributed by atoms with van der Waals surface area (Å²) < 4.78 is 7.06. The van der Waals surface area contributed by atoms with Crippen LogP contribution in [0.25, 0.3) is 11.2 Å². The van der Waals surface area contributed by atoms with E-state index in [2.05, 4.69) is 29.8 Å². The Balaban J connectivity index is 1.71. The van der Waals surface area contributed by atoms with Crippen molar-refractivity contribution in [2.24, 2.45) is 0 Å². The van der Waals surface area contributed by atoms with Crippen LogP contribution in [-0.4, -0.2) is 49.7 Å². The smallest absolute Gasteiger partial charge is 0.255 e. The molecule has 0 saturated carbocycles. The van der Waals surface area contributed by atoms with Crippen LogP contribution in [0.1, 0.15) is 11.3 Å². The molecule has 9 heteroatoms. The summed E-state index contributed by atoms with van der Waals surface area (Å²) in [5, 5.41) is 0. The van der Waals surface area contributed by atoms with Crippen LogP contribution in [0.5, 0.6) is 0 Å². The number of rotatable bonds is 4. The second-order valence-corrected chi connectivity index (χ2v) is 5.63. The van der Waals surface area contributed by atoms with Gasteiger partial charge in [-0.1, -0.05) is 0 Å². The molecule has 24 heavy (non-hydrogen) atoms. The molecule has 0 radical (unpaired) electrons. The van der Waals surface area contributed by atoms with Gasteiger partial charge >= 0.3 is 0 Å². The van der Waals surface area contributed by atoms with Gasteiger partial charge in [0.25, 0.3) is 5.56 Å². The molecular weight excluding hydrogens is 310 g/mol. The van der Waals surface area contributed by atoms with Crippen molar-refractivity contribution in [3.8, 4) is 0 Å². The molecule has 0 amide bonds. The molecule has 4 heterocycles. The summed E-state index contributed by atoms with van der Waals surface area (Å²) in [6.07, 6.45) is 5.44. The maximum Gasteiger partial charge on any atom is 0.255 e. The molecule has 0 aliphatic carbocycles. The highest BCUT2D eigenvalue weighted by Crippen LogP contribution is 2.25. The quantitative estimate of drug-likeness (QED) is 0.726. The molecule has 124 valence electrons. The van der Waals surface area contributed by atoms with E-state index in [1.807, 2.05) is 4.57 Å². The fraction of sp³-hybridized carbons (Fsp3) is 0.400. The molecule has 3 aromatic rings. The average Bonchev–Trinajstić information content (AvgIpc) is 3.03. The Morgan fingerprint density at radius 3 is 3.08 bits per heavy atom. The first-order valence-electron chi connectivity index (χ1n) is 7.73. The third-order valence-corrected chi connectivity index (χ3v) is 4.22. The number of aromatic nitrogens is 6. The number of methoxy groups -OCH3 is 1. The molecule has 4 rings (SSSR count). The van der Waals surface area contributed by atoms with Crippen LogP contribution in [0.3, 0.4) is 0 Å². The SMILES string of the molecule is COCCn1cnc2c(N3CCc4nc[nH]c(=O)c4C3)ncnc21. The van der Waals surface area contributed by atoms with Gasteiger partial charge in [0.1, 0.15) is 6.33 Å². The lowest BCUT2D eigenvalue weighted by Crippen LogP contribution is -2.36. The molecule has 1 N–H and O–H groups in total. The van der Waals surface area contributed by atoms with Crippen LogP contribution in [0.15, 0.2) is 23.8 Å². The van der Waals surface area contributed by atoms with Gasteiger partial charge in [-0.3, -0.25) is 4.79 Å². The highest BCUT2D eigenvalue weighted by atomic mass is 16.5. The van der Waals surface area contributed by atoms with E-state index in [0.717, 1.165) is 29.2 Å². The standard InChI is InChI=1S/C15H17N7O2/c1-24-5-4-22-9-20-12-13(17-8-18-14(12)22)21-3-2-11-10(6-21)15(23)19-7-16-11/h7-9H,2-6H2,1H3,(H,16,19,23). The lowest BCUT2D eigenvalue weighted by atomic mass is 10.1. The number of aromatic amines is 1. The fourth-order valence-corrected chi connectivity index (χ4v) is 2.99. The Kier molecular flexibility index (Phi) is 3.69. The van der Waals surface area contributed by atoms with Crippen molar-refractivity contribution in [3.63, 3.8) is 0 Å². The van der Waals surface area contributed by atoms with Gasteiger partial charge in [-0.15, -0.1) is 0 Å². The van der Waals surface area contributed by atoms with E-state index >= 15 is 0 Å². The molecule has 0 unspecified atom stereocenters. The highest BCUT2D eigenvalue weighted by Gasteiger charge is 2.23. The summed E-state index contributed by atoms with van der Waals surface area (Å²) in [6, 6.07) is 0. The van der Waals surface area contributed by atoms with Gasteiger partial charge in [-0.25, -0.2) is 19.9 Å². The van der Waals surface area contributed by atoms with Gasteiger partial charge in [0.05, 0.1) is 37.1 Å². The van der Waals surface area contributed by atoms with Crippen LogP contribution in [-0.2, 0) is 24.2 Å². The molecule has 9 nitrogen and oxygen atoms in total. The molecule has 0 bridgehead atoms. The highest BCUT2D eigenvalue weighted by molar-refractivity contribution is 5.83. The van der Waals surface area contributed by atoms with Gasteiger partial charge in [0.2, 0.25) is 0 Å². The molecule has 1 aliphatic rings. The Morgan fingerprint density at radius 2 is 2.21 bits per heavy atom. The topological polar surface area (TPSA) is 102 Å². The van der Waals surface area contributed by atoms with Crippen LogP contribution < -0.4 is 10.5 Å². The molecule has 0 saturated heterocycles. The predicted molar refractivity (Wildman–Crippen MR) is 86.8 cm³/mol. The first kappa shape index (κ1) is 14.8. The van der Waals surface area contributed by atoms with Crippen molar-refractivity contribution in [1.29, 1.82) is 0 Å². The fourth-order valence-electron chi connectivity index (χ4n) is 2.99. The summed E-state index contributed by atoms with van der Waals surface area (Å²) in [5.74, 6) is 0.741. The third-order valence-electron chi connectivity index (χ3n) is 4.22.